The quantitative estimate of drug-likeness (QED) is 0.798. The zero-order chi connectivity index (χ0) is 15.3. The van der Waals surface area contributed by atoms with Gasteiger partial charge in [0.05, 0.1) is 24.5 Å². The summed E-state index contributed by atoms with van der Waals surface area (Å²) in [6.07, 6.45) is 0.806. The second kappa shape index (κ2) is 6.93. The Kier molecular flexibility index (Phi) is 5.22. The van der Waals surface area contributed by atoms with Crippen LogP contribution in [0.3, 0.4) is 0 Å². The van der Waals surface area contributed by atoms with Crippen LogP contribution in [0.4, 0.5) is 0 Å². The lowest BCUT2D eigenvalue weighted by Gasteiger charge is -2.26. The minimum atomic E-state index is -2.97. The van der Waals surface area contributed by atoms with Gasteiger partial charge in [0.15, 0.2) is 9.84 Å². The van der Waals surface area contributed by atoms with Crippen molar-refractivity contribution in [2.75, 3.05) is 24.7 Å². The van der Waals surface area contributed by atoms with Gasteiger partial charge in [-0.05, 0) is 25.5 Å². The minimum Gasteiger partial charge on any atom is -0.493 e. The molecule has 0 bridgehead atoms. The third-order valence-corrected chi connectivity index (χ3v) is 5.39. The highest BCUT2D eigenvalue weighted by atomic mass is 32.2. The van der Waals surface area contributed by atoms with Crippen molar-refractivity contribution < 1.29 is 17.9 Å². The average molecular weight is 311 g/mol. The van der Waals surface area contributed by atoms with E-state index in [1.807, 2.05) is 37.3 Å². The van der Waals surface area contributed by atoms with Gasteiger partial charge in [-0.25, -0.2) is 8.42 Å². The molecule has 1 heterocycles. The number of carbonyl (C=O) groups is 1. The van der Waals surface area contributed by atoms with Crippen molar-refractivity contribution in [2.45, 2.75) is 25.8 Å². The van der Waals surface area contributed by atoms with Crippen LogP contribution in [0.15, 0.2) is 30.3 Å². The Hall–Kier alpha value is -1.56. The molecular formula is C15H21NO4S. The lowest BCUT2D eigenvalue weighted by Crippen LogP contribution is -2.41. The number of ether oxygens (including phenoxy) is 1. The van der Waals surface area contributed by atoms with Crippen molar-refractivity contribution >= 4 is 15.7 Å². The summed E-state index contributed by atoms with van der Waals surface area (Å²) in [7, 11) is -2.97. The van der Waals surface area contributed by atoms with Crippen LogP contribution < -0.4 is 4.74 Å². The molecule has 0 saturated carbocycles. The maximum absolute atomic E-state index is 12.2. The summed E-state index contributed by atoms with van der Waals surface area (Å²) in [6, 6.07) is 9.15. The number of nitrogens with zero attached hydrogens (tertiary/aromatic N) is 1. The van der Waals surface area contributed by atoms with Crippen LogP contribution in [0.5, 0.6) is 5.75 Å². The zero-order valence-electron chi connectivity index (χ0n) is 12.2. The van der Waals surface area contributed by atoms with Gasteiger partial charge in [-0.15, -0.1) is 0 Å². The van der Waals surface area contributed by atoms with E-state index in [0.29, 0.717) is 19.6 Å². The average Bonchev–Trinajstić information content (AvgIpc) is 2.81. The molecule has 116 valence electrons. The Morgan fingerprint density at radius 2 is 2.05 bits per heavy atom. The third kappa shape index (κ3) is 4.46. The molecule has 1 amide bonds. The fourth-order valence-electron chi connectivity index (χ4n) is 2.58. The highest BCUT2D eigenvalue weighted by molar-refractivity contribution is 7.91. The van der Waals surface area contributed by atoms with Gasteiger partial charge >= 0.3 is 0 Å². The van der Waals surface area contributed by atoms with Crippen LogP contribution in [0.25, 0.3) is 0 Å². The topological polar surface area (TPSA) is 63.7 Å². The third-order valence-electron chi connectivity index (χ3n) is 3.64. The lowest BCUT2D eigenvalue weighted by atomic mass is 10.2. The summed E-state index contributed by atoms with van der Waals surface area (Å²) < 4.78 is 28.5. The monoisotopic (exact) mass is 311 g/mol. The molecule has 0 spiro atoms. The predicted octanol–water partition coefficient (Wildman–Crippen LogP) is 1.49. The van der Waals surface area contributed by atoms with E-state index in [9.17, 15) is 13.2 Å². The number of hydrogen-bond acceptors (Lipinski definition) is 4. The second-order valence-electron chi connectivity index (χ2n) is 5.15. The molecule has 5 nitrogen and oxygen atoms in total. The van der Waals surface area contributed by atoms with E-state index in [0.717, 1.165) is 5.75 Å². The number of hydrogen-bond donors (Lipinski definition) is 0. The summed E-state index contributed by atoms with van der Waals surface area (Å²) in [5, 5.41) is 0. The highest BCUT2D eigenvalue weighted by Crippen LogP contribution is 2.18. The number of amides is 1. The first-order valence-corrected chi connectivity index (χ1v) is 9.01. The Balaban J connectivity index is 1.83. The molecule has 1 aliphatic rings. The number of rotatable bonds is 6. The first kappa shape index (κ1) is 15.8. The molecule has 1 atom stereocenters. The first-order valence-electron chi connectivity index (χ1n) is 7.19. The smallest absolute Gasteiger partial charge is 0.226 e. The Labute approximate surface area is 125 Å². The molecule has 1 aliphatic heterocycles. The van der Waals surface area contributed by atoms with Crippen molar-refractivity contribution in [3.63, 3.8) is 0 Å². The molecule has 21 heavy (non-hydrogen) atoms. The van der Waals surface area contributed by atoms with E-state index in [4.69, 9.17) is 4.74 Å². The molecule has 1 aromatic carbocycles. The molecule has 0 N–H and O–H groups in total. The van der Waals surface area contributed by atoms with E-state index >= 15 is 0 Å². The van der Waals surface area contributed by atoms with Crippen molar-refractivity contribution in [2.24, 2.45) is 0 Å². The minimum absolute atomic E-state index is 0.0458. The van der Waals surface area contributed by atoms with E-state index in [-0.39, 0.29) is 29.9 Å². The molecule has 0 aliphatic carbocycles. The van der Waals surface area contributed by atoms with Gasteiger partial charge in [0.2, 0.25) is 5.91 Å². The van der Waals surface area contributed by atoms with Gasteiger partial charge in [-0.2, -0.15) is 0 Å². The summed E-state index contributed by atoms with van der Waals surface area (Å²) in [4.78, 5) is 13.9. The maximum atomic E-state index is 12.2. The van der Waals surface area contributed by atoms with Crippen LogP contribution in [-0.2, 0) is 14.6 Å². The predicted molar refractivity (Wildman–Crippen MR) is 81.0 cm³/mol. The lowest BCUT2D eigenvalue weighted by molar-refractivity contribution is -0.133. The molecule has 1 aromatic rings. The van der Waals surface area contributed by atoms with E-state index in [1.165, 1.54) is 0 Å². The highest BCUT2D eigenvalue weighted by Gasteiger charge is 2.33. The Bertz CT molecular complexity index is 571. The second-order valence-corrected chi connectivity index (χ2v) is 7.38. The van der Waals surface area contributed by atoms with Crippen molar-refractivity contribution in [3.8, 4) is 5.75 Å². The van der Waals surface area contributed by atoms with Gasteiger partial charge in [0.25, 0.3) is 0 Å². The zero-order valence-corrected chi connectivity index (χ0v) is 13.0. The summed E-state index contributed by atoms with van der Waals surface area (Å²) >= 11 is 0. The van der Waals surface area contributed by atoms with Crippen molar-refractivity contribution in [1.29, 1.82) is 0 Å². The number of carbonyl (C=O) groups excluding carboxylic acids is 1. The van der Waals surface area contributed by atoms with Gasteiger partial charge in [-0.3, -0.25) is 4.79 Å². The Morgan fingerprint density at radius 1 is 1.33 bits per heavy atom. The Morgan fingerprint density at radius 3 is 2.62 bits per heavy atom. The fraction of sp³-hybridized carbons (Fsp3) is 0.533. The SMILES string of the molecule is CCN(C(=O)CCOc1ccccc1)C1CCS(=O)(=O)C1. The van der Waals surface area contributed by atoms with Crippen LogP contribution >= 0.6 is 0 Å². The van der Waals surface area contributed by atoms with Crippen molar-refractivity contribution in [1.82, 2.24) is 4.90 Å². The van der Waals surface area contributed by atoms with Gasteiger partial charge in [0, 0.05) is 12.6 Å². The van der Waals surface area contributed by atoms with Crippen molar-refractivity contribution in [3.05, 3.63) is 30.3 Å². The normalized spacial score (nSPS) is 20.1. The van der Waals surface area contributed by atoms with E-state index in [2.05, 4.69) is 0 Å². The first-order chi connectivity index (χ1) is 10.0. The summed E-state index contributed by atoms with van der Waals surface area (Å²) in [5.74, 6) is 0.959. The molecule has 0 radical (unpaired) electrons. The molecule has 1 unspecified atom stereocenters. The number of sulfone groups is 1. The number of benzene rings is 1. The molecular weight excluding hydrogens is 290 g/mol. The maximum Gasteiger partial charge on any atom is 0.226 e. The van der Waals surface area contributed by atoms with Crippen LogP contribution in [0.2, 0.25) is 0 Å². The molecule has 0 aromatic heterocycles. The fourth-order valence-corrected chi connectivity index (χ4v) is 4.31. The standard InChI is InChI=1S/C15H21NO4S/c1-2-16(13-9-11-21(18,19)12-13)15(17)8-10-20-14-6-4-3-5-7-14/h3-7,13H,2,8-12H2,1H3. The number of para-hydroxylation sites is 1. The largest absolute Gasteiger partial charge is 0.493 e. The summed E-state index contributed by atoms with van der Waals surface area (Å²) in [5.41, 5.74) is 0. The van der Waals surface area contributed by atoms with Crippen LogP contribution in [0, 0.1) is 0 Å². The van der Waals surface area contributed by atoms with Gasteiger partial charge in [0.1, 0.15) is 5.75 Å². The van der Waals surface area contributed by atoms with Gasteiger partial charge in [-0.1, -0.05) is 18.2 Å². The molecule has 6 heteroatoms. The van der Waals surface area contributed by atoms with E-state index < -0.39 is 9.84 Å². The van der Waals surface area contributed by atoms with Crippen LogP contribution in [-0.4, -0.2) is 49.9 Å². The summed E-state index contributed by atoms with van der Waals surface area (Å²) in [6.45, 7) is 2.71. The molecule has 1 fully saturated rings. The van der Waals surface area contributed by atoms with E-state index in [1.54, 1.807) is 4.90 Å². The van der Waals surface area contributed by atoms with Gasteiger partial charge < -0.3 is 9.64 Å². The molecule has 1 saturated heterocycles. The van der Waals surface area contributed by atoms with Crippen LogP contribution in [0.1, 0.15) is 19.8 Å². The molecule has 2 rings (SSSR count).